The molecule has 3 aliphatic carbocycles. The number of carbonyl (C=O) groups excluding carboxylic acids is 2. The van der Waals surface area contributed by atoms with Crippen LogP contribution >= 0.6 is 0 Å². The number of amides is 1. The van der Waals surface area contributed by atoms with Gasteiger partial charge in [0, 0.05) is 30.4 Å². The van der Waals surface area contributed by atoms with Crippen LogP contribution in [0.2, 0.25) is 0 Å². The maximum atomic E-state index is 13.3. The molecule has 0 bridgehead atoms. The standard InChI is InChI=1S/C32H41NO4/c1-32-17-16-26-25-15-13-24(36-2)18-21(25)12-14-27(26)31(32)22(19-29(32)34)8-5-7-11-30(35)33-20-23-9-4-6-10-28(23)37-3/h4,6,9-10,13,15,18,22,26-27,31H,5,7-8,11-12,14,16-17,19-20H2,1-3H3,(H,33,35)/t22-,26-,27?,31+,32-/m1/s1. The van der Waals surface area contributed by atoms with Crippen molar-refractivity contribution < 1.29 is 19.1 Å². The van der Waals surface area contributed by atoms with Crippen molar-refractivity contribution in [3.63, 3.8) is 0 Å². The third-order valence-electron chi connectivity index (χ3n) is 9.67. The fourth-order valence-electron chi connectivity index (χ4n) is 7.83. The van der Waals surface area contributed by atoms with E-state index in [1.807, 2.05) is 24.3 Å². The third kappa shape index (κ3) is 5.02. The van der Waals surface area contributed by atoms with Crippen LogP contribution in [0.1, 0.15) is 80.9 Å². The van der Waals surface area contributed by atoms with E-state index in [1.165, 1.54) is 17.5 Å². The van der Waals surface area contributed by atoms with Crippen LogP contribution < -0.4 is 14.8 Å². The molecule has 0 aliphatic heterocycles. The number of hydrogen-bond donors (Lipinski definition) is 1. The topological polar surface area (TPSA) is 64.6 Å². The first-order valence-corrected chi connectivity index (χ1v) is 14.0. The van der Waals surface area contributed by atoms with E-state index in [-0.39, 0.29) is 11.3 Å². The average Bonchev–Trinajstić information content (AvgIpc) is 3.18. The minimum absolute atomic E-state index is 0.0790. The van der Waals surface area contributed by atoms with Gasteiger partial charge in [-0.1, -0.05) is 37.6 Å². The first kappa shape index (κ1) is 25.8. The van der Waals surface area contributed by atoms with Gasteiger partial charge >= 0.3 is 0 Å². The van der Waals surface area contributed by atoms with Gasteiger partial charge in [0.2, 0.25) is 5.91 Å². The van der Waals surface area contributed by atoms with E-state index in [9.17, 15) is 9.59 Å². The number of ether oxygens (including phenoxy) is 2. The first-order chi connectivity index (χ1) is 17.9. The predicted octanol–water partition coefficient (Wildman–Crippen LogP) is 6.23. The second kappa shape index (κ2) is 10.9. The van der Waals surface area contributed by atoms with Crippen molar-refractivity contribution in [3.8, 4) is 11.5 Å². The zero-order chi connectivity index (χ0) is 26.0. The van der Waals surface area contributed by atoms with Crippen LogP contribution in [0.4, 0.5) is 0 Å². The molecule has 5 heteroatoms. The summed E-state index contributed by atoms with van der Waals surface area (Å²) in [5, 5.41) is 3.03. The maximum absolute atomic E-state index is 13.3. The van der Waals surface area contributed by atoms with Gasteiger partial charge in [0.25, 0.3) is 0 Å². The first-order valence-electron chi connectivity index (χ1n) is 14.0. The van der Waals surface area contributed by atoms with E-state index in [0.29, 0.717) is 42.4 Å². The Kier molecular flexibility index (Phi) is 7.60. The van der Waals surface area contributed by atoms with Gasteiger partial charge in [-0.3, -0.25) is 9.59 Å². The Hall–Kier alpha value is -2.82. The Bertz CT molecular complexity index is 1140. The number of benzene rings is 2. The van der Waals surface area contributed by atoms with Crippen LogP contribution in [0.15, 0.2) is 42.5 Å². The number of carbonyl (C=O) groups is 2. The summed E-state index contributed by atoms with van der Waals surface area (Å²) in [6, 6.07) is 14.4. The summed E-state index contributed by atoms with van der Waals surface area (Å²) in [6.45, 7) is 2.74. The van der Waals surface area contributed by atoms with Gasteiger partial charge in [-0.05, 0) is 91.5 Å². The smallest absolute Gasteiger partial charge is 0.220 e. The lowest BCUT2D eigenvalue weighted by atomic mass is 9.54. The molecule has 5 nitrogen and oxygen atoms in total. The number of nitrogens with one attached hydrogen (secondary N) is 1. The molecule has 1 unspecified atom stereocenters. The lowest BCUT2D eigenvalue weighted by molar-refractivity contribution is -0.129. The van der Waals surface area contributed by atoms with Crippen LogP contribution in [0.3, 0.4) is 0 Å². The van der Waals surface area contributed by atoms with Gasteiger partial charge in [0.15, 0.2) is 0 Å². The second-order valence-corrected chi connectivity index (χ2v) is 11.6. The molecule has 3 aliphatic rings. The minimum Gasteiger partial charge on any atom is -0.497 e. The summed E-state index contributed by atoms with van der Waals surface area (Å²) >= 11 is 0. The molecule has 5 atom stereocenters. The number of unbranched alkanes of at least 4 members (excludes halogenated alkanes) is 1. The Balaban J connectivity index is 1.17. The van der Waals surface area contributed by atoms with Crippen LogP contribution in [0, 0.1) is 23.2 Å². The number of methoxy groups -OCH3 is 2. The molecule has 2 aromatic carbocycles. The molecule has 0 heterocycles. The molecule has 2 saturated carbocycles. The highest BCUT2D eigenvalue weighted by Gasteiger charge is 2.58. The number of fused-ring (bicyclic) bond motifs is 5. The number of rotatable bonds is 9. The summed E-state index contributed by atoms with van der Waals surface area (Å²) in [7, 11) is 3.38. The van der Waals surface area contributed by atoms with E-state index < -0.39 is 0 Å². The summed E-state index contributed by atoms with van der Waals surface area (Å²) in [4.78, 5) is 25.7. The number of hydrogen-bond acceptors (Lipinski definition) is 4. The Labute approximate surface area is 221 Å². The largest absolute Gasteiger partial charge is 0.497 e. The Morgan fingerprint density at radius 1 is 1.08 bits per heavy atom. The van der Waals surface area contributed by atoms with Crippen molar-refractivity contribution in [3.05, 3.63) is 59.2 Å². The molecule has 1 amide bonds. The van der Waals surface area contributed by atoms with Crippen molar-refractivity contribution in [1.82, 2.24) is 5.32 Å². The fourth-order valence-corrected chi connectivity index (χ4v) is 7.83. The summed E-state index contributed by atoms with van der Waals surface area (Å²) < 4.78 is 10.9. The molecule has 5 rings (SSSR count). The zero-order valence-electron chi connectivity index (χ0n) is 22.6. The lowest BCUT2D eigenvalue weighted by Gasteiger charge is -2.50. The van der Waals surface area contributed by atoms with Crippen molar-refractivity contribution in [2.45, 2.75) is 77.2 Å². The number of Topliss-reactive ketones (excluding diaryl/α,β-unsaturated/α-hetero) is 1. The molecule has 0 radical (unpaired) electrons. The highest BCUT2D eigenvalue weighted by atomic mass is 16.5. The molecule has 2 fully saturated rings. The van der Waals surface area contributed by atoms with Crippen molar-refractivity contribution in [1.29, 1.82) is 0 Å². The van der Waals surface area contributed by atoms with E-state index >= 15 is 0 Å². The van der Waals surface area contributed by atoms with Gasteiger partial charge in [-0.25, -0.2) is 0 Å². The molecule has 0 spiro atoms. The molecule has 37 heavy (non-hydrogen) atoms. The van der Waals surface area contributed by atoms with Crippen LogP contribution in [-0.4, -0.2) is 25.9 Å². The normalized spacial score (nSPS) is 28.1. The molecule has 198 valence electrons. The Morgan fingerprint density at radius 3 is 2.73 bits per heavy atom. The predicted molar refractivity (Wildman–Crippen MR) is 145 cm³/mol. The minimum atomic E-state index is -0.165. The summed E-state index contributed by atoms with van der Waals surface area (Å²) in [5.41, 5.74) is 3.75. The van der Waals surface area contributed by atoms with Crippen LogP contribution in [0.5, 0.6) is 11.5 Å². The van der Waals surface area contributed by atoms with Gasteiger partial charge in [0.05, 0.1) is 14.2 Å². The highest BCUT2D eigenvalue weighted by molar-refractivity contribution is 5.87. The number of ketones is 1. The fraction of sp³-hybridized carbons (Fsp3) is 0.562. The molecule has 2 aromatic rings. The molecular weight excluding hydrogens is 462 g/mol. The molecule has 0 aromatic heterocycles. The van der Waals surface area contributed by atoms with Crippen LogP contribution in [-0.2, 0) is 22.6 Å². The Morgan fingerprint density at radius 2 is 1.92 bits per heavy atom. The SMILES string of the molecule is COc1ccc2c(c1)CCC1[C@@H]2CC[C@]2(C)C(=O)C[C@@H](CCCCC(=O)NCc3ccccc3OC)[C@@H]12. The van der Waals surface area contributed by atoms with Gasteiger partial charge in [0.1, 0.15) is 17.3 Å². The quantitative estimate of drug-likeness (QED) is 0.412. The van der Waals surface area contributed by atoms with Crippen molar-refractivity contribution >= 4 is 11.7 Å². The molecule has 0 saturated heterocycles. The van der Waals surface area contributed by atoms with Gasteiger partial charge in [-0.15, -0.1) is 0 Å². The van der Waals surface area contributed by atoms with Crippen molar-refractivity contribution in [2.24, 2.45) is 23.2 Å². The van der Waals surface area contributed by atoms with E-state index in [1.54, 1.807) is 14.2 Å². The maximum Gasteiger partial charge on any atom is 0.220 e. The summed E-state index contributed by atoms with van der Waals surface area (Å²) in [6.07, 6.45) is 8.52. The van der Waals surface area contributed by atoms with E-state index in [2.05, 4.69) is 30.4 Å². The lowest BCUT2D eigenvalue weighted by Crippen LogP contribution is -2.44. The van der Waals surface area contributed by atoms with Gasteiger partial charge < -0.3 is 14.8 Å². The van der Waals surface area contributed by atoms with Gasteiger partial charge in [-0.2, -0.15) is 0 Å². The van der Waals surface area contributed by atoms with E-state index in [4.69, 9.17) is 9.47 Å². The zero-order valence-corrected chi connectivity index (χ0v) is 22.6. The van der Waals surface area contributed by atoms with E-state index in [0.717, 1.165) is 62.0 Å². The molecular formula is C32H41NO4. The average molecular weight is 504 g/mol. The summed E-state index contributed by atoms with van der Waals surface area (Å²) in [5.74, 6) is 4.36. The molecule has 1 N–H and O–H groups in total. The van der Waals surface area contributed by atoms with Crippen molar-refractivity contribution in [2.75, 3.05) is 14.2 Å². The third-order valence-corrected chi connectivity index (χ3v) is 9.67. The second-order valence-electron chi connectivity index (χ2n) is 11.6. The highest BCUT2D eigenvalue weighted by Crippen LogP contribution is 2.62. The monoisotopic (exact) mass is 503 g/mol. The number of aryl methyl sites for hydroxylation is 1. The van der Waals surface area contributed by atoms with Crippen LogP contribution in [0.25, 0.3) is 0 Å². The number of para-hydroxylation sites is 1.